The van der Waals surface area contributed by atoms with E-state index in [-0.39, 0.29) is 17.8 Å². The molecule has 2 aromatic carbocycles. The summed E-state index contributed by atoms with van der Waals surface area (Å²) in [6.07, 6.45) is 0. The number of carbonyl (C=O) groups is 1. The number of carbonyl (C=O) groups excluding carboxylic acids is 1. The largest absolute Gasteiger partial charge is 0.334 e. The monoisotopic (exact) mass is 367 g/mol. The summed E-state index contributed by atoms with van der Waals surface area (Å²) in [5, 5.41) is 3.47. The highest BCUT2D eigenvalue weighted by Gasteiger charge is 2.46. The first-order chi connectivity index (χ1) is 13.1. The summed E-state index contributed by atoms with van der Waals surface area (Å²) in [6, 6.07) is 17.2. The second-order valence-electron chi connectivity index (χ2n) is 7.75. The van der Waals surface area contributed by atoms with E-state index >= 15 is 0 Å². The summed E-state index contributed by atoms with van der Waals surface area (Å²) in [7, 11) is 1.88. The van der Waals surface area contributed by atoms with Gasteiger partial charge in [-0.3, -0.25) is 9.69 Å². The second-order valence-corrected chi connectivity index (χ2v) is 7.75. The topological polar surface area (TPSA) is 35.6 Å². The van der Waals surface area contributed by atoms with Crippen LogP contribution in [0, 0.1) is 17.7 Å². The molecule has 2 saturated heterocycles. The summed E-state index contributed by atoms with van der Waals surface area (Å²) in [5.74, 6) is 0.877. The van der Waals surface area contributed by atoms with Gasteiger partial charge in [-0.25, -0.2) is 4.39 Å². The third-order valence-corrected chi connectivity index (χ3v) is 5.83. The van der Waals surface area contributed by atoms with Crippen LogP contribution in [0.25, 0.3) is 0 Å². The summed E-state index contributed by atoms with van der Waals surface area (Å²) in [6.45, 7) is 3.45. The lowest BCUT2D eigenvalue weighted by Gasteiger charge is -2.30. The lowest BCUT2D eigenvalue weighted by Crippen LogP contribution is -2.40. The van der Waals surface area contributed by atoms with Crippen molar-refractivity contribution in [2.75, 3.05) is 33.2 Å². The number of hydrogen-bond acceptors (Lipinski definition) is 3. The summed E-state index contributed by atoms with van der Waals surface area (Å²) >= 11 is 0. The molecule has 4 rings (SSSR count). The van der Waals surface area contributed by atoms with E-state index in [1.54, 1.807) is 12.1 Å². The molecule has 0 spiro atoms. The first kappa shape index (κ1) is 18.1. The number of likely N-dealkylation sites (N-methyl/N-ethyl adjacent to an activating group) is 1. The first-order valence-electron chi connectivity index (χ1n) is 9.60. The van der Waals surface area contributed by atoms with Crippen molar-refractivity contribution in [3.05, 3.63) is 71.5 Å². The van der Waals surface area contributed by atoms with E-state index in [0.717, 1.165) is 19.6 Å². The molecule has 2 aromatic rings. The fraction of sp³-hybridized carbons (Fsp3) is 0.409. The van der Waals surface area contributed by atoms with Gasteiger partial charge in [0.05, 0.1) is 12.6 Å². The summed E-state index contributed by atoms with van der Waals surface area (Å²) in [4.78, 5) is 17.1. The highest BCUT2D eigenvalue weighted by atomic mass is 19.1. The molecule has 3 atom stereocenters. The normalized spacial score (nSPS) is 24.4. The molecule has 0 bridgehead atoms. The van der Waals surface area contributed by atoms with Crippen molar-refractivity contribution in [3.63, 3.8) is 0 Å². The molecule has 0 unspecified atom stereocenters. The SMILES string of the molecule is CN(CC(=O)N1C[C@@H]2CNC[C@@H]2[C@H]1c1ccccc1)Cc1ccccc1F. The van der Waals surface area contributed by atoms with E-state index in [2.05, 4.69) is 17.4 Å². The maximum atomic E-state index is 13.9. The van der Waals surface area contributed by atoms with Gasteiger partial charge in [0.1, 0.15) is 5.82 Å². The molecule has 0 saturated carbocycles. The molecule has 27 heavy (non-hydrogen) atoms. The Labute approximate surface area is 160 Å². The number of likely N-dealkylation sites (tertiary alicyclic amines) is 1. The number of fused-ring (bicyclic) bond motifs is 1. The van der Waals surface area contributed by atoms with E-state index < -0.39 is 0 Å². The Kier molecular flexibility index (Phi) is 5.23. The molecule has 2 aliphatic heterocycles. The summed E-state index contributed by atoms with van der Waals surface area (Å²) < 4.78 is 13.9. The lowest BCUT2D eigenvalue weighted by atomic mass is 9.89. The van der Waals surface area contributed by atoms with E-state index in [4.69, 9.17) is 0 Å². The standard InChI is InChI=1S/C22H26FN3O/c1-25(13-17-9-5-6-10-20(17)23)15-21(27)26-14-18-11-24-12-19(18)22(26)16-7-3-2-4-8-16/h2-10,18-19,22,24H,11-15H2,1H3/t18-,19-,22+/m0/s1. The molecule has 142 valence electrons. The number of amides is 1. The Bertz CT molecular complexity index is 797. The molecule has 1 N–H and O–H groups in total. The fourth-order valence-electron chi connectivity index (χ4n) is 4.55. The molecule has 4 nitrogen and oxygen atoms in total. The molecule has 2 aliphatic rings. The Hall–Kier alpha value is -2.24. The molecular formula is C22H26FN3O. The minimum Gasteiger partial charge on any atom is -0.334 e. The highest BCUT2D eigenvalue weighted by molar-refractivity contribution is 5.79. The van der Waals surface area contributed by atoms with Crippen LogP contribution in [0.1, 0.15) is 17.2 Å². The van der Waals surface area contributed by atoms with Crippen LogP contribution in [0.5, 0.6) is 0 Å². The predicted octanol–water partition coefficient (Wildman–Crippen LogP) is 2.68. The third-order valence-electron chi connectivity index (χ3n) is 5.83. The smallest absolute Gasteiger partial charge is 0.237 e. The molecular weight excluding hydrogens is 341 g/mol. The van der Waals surface area contributed by atoms with Gasteiger partial charge in [-0.2, -0.15) is 0 Å². The molecule has 0 radical (unpaired) electrons. The molecule has 0 aromatic heterocycles. The number of nitrogens with one attached hydrogen (secondary N) is 1. The van der Waals surface area contributed by atoms with E-state index in [1.165, 1.54) is 11.6 Å². The Morgan fingerprint density at radius 3 is 2.67 bits per heavy atom. The number of hydrogen-bond donors (Lipinski definition) is 1. The van der Waals surface area contributed by atoms with Crippen LogP contribution in [0.3, 0.4) is 0 Å². The fourth-order valence-corrected chi connectivity index (χ4v) is 4.55. The van der Waals surface area contributed by atoms with Gasteiger partial charge in [-0.15, -0.1) is 0 Å². The summed E-state index contributed by atoms with van der Waals surface area (Å²) in [5.41, 5.74) is 1.83. The van der Waals surface area contributed by atoms with Gasteiger partial charge in [0.2, 0.25) is 5.91 Å². The van der Waals surface area contributed by atoms with Crippen LogP contribution in [0.15, 0.2) is 54.6 Å². The van der Waals surface area contributed by atoms with E-state index in [0.29, 0.717) is 30.5 Å². The van der Waals surface area contributed by atoms with Gasteiger partial charge in [0.15, 0.2) is 0 Å². The van der Waals surface area contributed by atoms with Crippen molar-refractivity contribution in [2.45, 2.75) is 12.6 Å². The maximum Gasteiger partial charge on any atom is 0.237 e. The average Bonchev–Trinajstić information content (AvgIpc) is 3.25. The Morgan fingerprint density at radius 1 is 1.15 bits per heavy atom. The van der Waals surface area contributed by atoms with Gasteiger partial charge < -0.3 is 10.2 Å². The number of halogens is 1. The zero-order valence-electron chi connectivity index (χ0n) is 15.6. The molecule has 2 heterocycles. The number of rotatable bonds is 5. The van der Waals surface area contributed by atoms with Crippen molar-refractivity contribution in [2.24, 2.45) is 11.8 Å². The van der Waals surface area contributed by atoms with Crippen molar-refractivity contribution in [3.8, 4) is 0 Å². The van der Waals surface area contributed by atoms with Gasteiger partial charge >= 0.3 is 0 Å². The van der Waals surface area contributed by atoms with Gasteiger partial charge in [-0.05, 0) is 24.6 Å². The van der Waals surface area contributed by atoms with Crippen molar-refractivity contribution in [1.82, 2.24) is 15.1 Å². The van der Waals surface area contributed by atoms with E-state index in [9.17, 15) is 9.18 Å². The zero-order valence-corrected chi connectivity index (χ0v) is 15.6. The average molecular weight is 367 g/mol. The van der Waals surface area contributed by atoms with Crippen LogP contribution in [0.4, 0.5) is 4.39 Å². The molecule has 2 fully saturated rings. The van der Waals surface area contributed by atoms with Gasteiger partial charge in [-0.1, -0.05) is 48.5 Å². The van der Waals surface area contributed by atoms with Crippen LogP contribution in [0.2, 0.25) is 0 Å². The molecule has 5 heteroatoms. The zero-order chi connectivity index (χ0) is 18.8. The minimum absolute atomic E-state index is 0.122. The van der Waals surface area contributed by atoms with Crippen molar-refractivity contribution < 1.29 is 9.18 Å². The Morgan fingerprint density at radius 2 is 1.89 bits per heavy atom. The van der Waals surface area contributed by atoms with Crippen LogP contribution < -0.4 is 5.32 Å². The predicted molar refractivity (Wildman–Crippen MR) is 103 cm³/mol. The number of benzene rings is 2. The minimum atomic E-state index is -0.222. The third kappa shape index (κ3) is 3.75. The van der Waals surface area contributed by atoms with Gasteiger partial charge in [0, 0.05) is 37.7 Å². The second kappa shape index (κ2) is 7.79. The quantitative estimate of drug-likeness (QED) is 0.883. The van der Waals surface area contributed by atoms with Crippen LogP contribution in [-0.4, -0.2) is 48.9 Å². The first-order valence-corrected chi connectivity index (χ1v) is 9.60. The number of nitrogens with zero attached hydrogens (tertiary/aromatic N) is 2. The molecule has 1 amide bonds. The van der Waals surface area contributed by atoms with E-state index in [1.807, 2.05) is 41.1 Å². The Balaban J connectivity index is 1.47. The van der Waals surface area contributed by atoms with Crippen molar-refractivity contribution >= 4 is 5.91 Å². The lowest BCUT2D eigenvalue weighted by molar-refractivity contribution is -0.133. The maximum absolute atomic E-state index is 13.9. The molecule has 0 aliphatic carbocycles. The van der Waals surface area contributed by atoms with Crippen LogP contribution in [-0.2, 0) is 11.3 Å². The van der Waals surface area contributed by atoms with Crippen molar-refractivity contribution in [1.29, 1.82) is 0 Å². The highest BCUT2D eigenvalue weighted by Crippen LogP contribution is 2.42. The van der Waals surface area contributed by atoms with Crippen LogP contribution >= 0.6 is 0 Å². The van der Waals surface area contributed by atoms with Gasteiger partial charge in [0.25, 0.3) is 0 Å².